The minimum Gasteiger partial charge on any atom is -0.493 e. The molecule has 0 aliphatic carbocycles. The molecule has 1 amide bonds. The highest BCUT2D eigenvalue weighted by Gasteiger charge is 2.34. The lowest BCUT2D eigenvalue weighted by Crippen LogP contribution is -2.32. The first-order chi connectivity index (χ1) is 18.9. The number of hydrogen-bond acceptors (Lipinski definition) is 4. The van der Waals surface area contributed by atoms with Crippen molar-refractivity contribution in [2.45, 2.75) is 44.7 Å². The molecule has 9 heteroatoms. The number of alkyl halides is 3. The zero-order valence-corrected chi connectivity index (χ0v) is 23.3. The highest BCUT2D eigenvalue weighted by atomic mass is 32.1. The van der Waals surface area contributed by atoms with Crippen molar-refractivity contribution in [2.24, 2.45) is 0 Å². The maximum atomic E-state index is 13.0. The molecule has 0 aliphatic rings. The number of rotatable bonds is 13. The standard InChI is InChI=1S/C31H32F3NO4S/c1-5-14-30(15-6-2,26-12-11-25(40-26)29(38)35-16-13-27(36)37)19-39-24-17-20(3)28(21(4)18-24)22-7-9-23(10-8-22)31(32,33)34/h5-12,17-18H,1-2,13-16,19H2,3-4H3,(H,35,38)(H,36,37). The first kappa shape index (κ1) is 30.7. The summed E-state index contributed by atoms with van der Waals surface area (Å²) < 4.78 is 45.3. The zero-order valence-electron chi connectivity index (χ0n) is 22.4. The van der Waals surface area contributed by atoms with Crippen LogP contribution in [0.4, 0.5) is 13.2 Å². The van der Waals surface area contributed by atoms with Crippen LogP contribution < -0.4 is 10.1 Å². The molecule has 5 nitrogen and oxygen atoms in total. The van der Waals surface area contributed by atoms with Crippen LogP contribution in [0.1, 0.15) is 50.5 Å². The fourth-order valence-corrected chi connectivity index (χ4v) is 5.77. The number of ether oxygens (including phenoxy) is 1. The van der Waals surface area contributed by atoms with Gasteiger partial charge in [-0.05, 0) is 85.3 Å². The van der Waals surface area contributed by atoms with Gasteiger partial charge in [-0.1, -0.05) is 24.3 Å². The molecule has 0 saturated carbocycles. The van der Waals surface area contributed by atoms with Crippen molar-refractivity contribution < 1.29 is 32.6 Å². The minimum atomic E-state index is -4.39. The second-order valence-electron chi connectivity index (χ2n) is 9.63. The Kier molecular flexibility index (Phi) is 9.98. The number of allylic oxidation sites excluding steroid dienone is 2. The van der Waals surface area contributed by atoms with E-state index in [1.807, 2.05) is 32.0 Å². The molecule has 3 rings (SSSR count). The van der Waals surface area contributed by atoms with Gasteiger partial charge in [0.15, 0.2) is 0 Å². The lowest BCUT2D eigenvalue weighted by Gasteiger charge is -2.31. The van der Waals surface area contributed by atoms with Crippen molar-refractivity contribution in [3.05, 3.63) is 100 Å². The van der Waals surface area contributed by atoms with E-state index in [0.717, 1.165) is 33.7 Å². The van der Waals surface area contributed by atoms with Gasteiger partial charge in [-0.25, -0.2) is 0 Å². The molecule has 0 atom stereocenters. The maximum Gasteiger partial charge on any atom is 0.416 e. The molecular formula is C31H32F3NO4S. The number of benzene rings is 2. The average Bonchev–Trinajstić information content (AvgIpc) is 3.38. The third-order valence-corrected chi connectivity index (χ3v) is 7.90. The fraction of sp³-hybridized carbons (Fsp3) is 0.290. The molecular weight excluding hydrogens is 539 g/mol. The van der Waals surface area contributed by atoms with Crippen LogP contribution in [0.15, 0.2) is 73.8 Å². The van der Waals surface area contributed by atoms with Crippen LogP contribution in [-0.2, 0) is 16.4 Å². The van der Waals surface area contributed by atoms with E-state index < -0.39 is 23.1 Å². The van der Waals surface area contributed by atoms with Gasteiger partial charge in [0.05, 0.1) is 23.5 Å². The monoisotopic (exact) mass is 571 g/mol. The average molecular weight is 572 g/mol. The summed E-state index contributed by atoms with van der Waals surface area (Å²) in [5, 5.41) is 11.4. The number of aryl methyl sites for hydroxylation is 2. The summed E-state index contributed by atoms with van der Waals surface area (Å²) in [4.78, 5) is 24.6. The van der Waals surface area contributed by atoms with Crippen molar-refractivity contribution in [3.63, 3.8) is 0 Å². The summed E-state index contributed by atoms with van der Waals surface area (Å²) in [5.74, 6) is -0.709. The number of amides is 1. The van der Waals surface area contributed by atoms with E-state index in [-0.39, 0.29) is 25.5 Å². The fourth-order valence-electron chi connectivity index (χ4n) is 4.65. The van der Waals surface area contributed by atoms with Crippen molar-refractivity contribution in [1.82, 2.24) is 5.32 Å². The summed E-state index contributed by atoms with van der Waals surface area (Å²) in [6.45, 7) is 11.9. The first-order valence-corrected chi connectivity index (χ1v) is 13.5. The summed E-state index contributed by atoms with van der Waals surface area (Å²) in [7, 11) is 0. The Hall–Kier alpha value is -3.85. The summed E-state index contributed by atoms with van der Waals surface area (Å²) in [6, 6.07) is 12.4. The number of carboxylic acid groups (broad SMARTS) is 1. The summed E-state index contributed by atoms with van der Waals surface area (Å²) in [6.07, 6.45) is 0.150. The summed E-state index contributed by atoms with van der Waals surface area (Å²) in [5.41, 5.74) is 2.04. The molecule has 3 aromatic rings. The summed E-state index contributed by atoms with van der Waals surface area (Å²) >= 11 is 1.32. The number of carboxylic acids is 1. The topological polar surface area (TPSA) is 75.6 Å². The molecule has 0 fully saturated rings. The Labute approximate surface area is 236 Å². The van der Waals surface area contributed by atoms with Gasteiger partial charge < -0.3 is 15.2 Å². The van der Waals surface area contributed by atoms with Gasteiger partial charge >= 0.3 is 12.1 Å². The van der Waals surface area contributed by atoms with Gasteiger partial charge in [-0.2, -0.15) is 13.2 Å². The van der Waals surface area contributed by atoms with Crippen molar-refractivity contribution in [1.29, 1.82) is 0 Å². The number of aliphatic carboxylic acids is 1. The van der Waals surface area contributed by atoms with Crippen LogP contribution in [0.5, 0.6) is 5.75 Å². The molecule has 0 bridgehead atoms. The quantitative estimate of drug-likeness (QED) is 0.206. The Morgan fingerprint density at radius 2 is 1.60 bits per heavy atom. The Morgan fingerprint density at radius 3 is 2.12 bits per heavy atom. The molecule has 0 aliphatic heterocycles. The van der Waals surface area contributed by atoms with Crippen molar-refractivity contribution in [3.8, 4) is 16.9 Å². The molecule has 2 aromatic carbocycles. The van der Waals surface area contributed by atoms with Gasteiger partial charge in [0, 0.05) is 16.8 Å². The van der Waals surface area contributed by atoms with Crippen LogP contribution in [0.3, 0.4) is 0 Å². The molecule has 0 spiro atoms. The highest BCUT2D eigenvalue weighted by Crippen LogP contribution is 2.39. The number of carbonyl (C=O) groups is 2. The number of halogens is 3. The van der Waals surface area contributed by atoms with E-state index in [1.165, 1.54) is 23.5 Å². The smallest absolute Gasteiger partial charge is 0.416 e. The highest BCUT2D eigenvalue weighted by molar-refractivity contribution is 7.14. The number of nitrogens with one attached hydrogen (secondary N) is 1. The Morgan fingerprint density at radius 1 is 1.00 bits per heavy atom. The number of hydrogen-bond donors (Lipinski definition) is 2. The van der Waals surface area contributed by atoms with E-state index in [0.29, 0.717) is 29.0 Å². The normalized spacial score (nSPS) is 11.6. The molecule has 0 radical (unpaired) electrons. The van der Waals surface area contributed by atoms with Gasteiger partial charge in [0.2, 0.25) is 0 Å². The second kappa shape index (κ2) is 13.0. The third-order valence-electron chi connectivity index (χ3n) is 6.57. The largest absolute Gasteiger partial charge is 0.493 e. The van der Waals surface area contributed by atoms with Crippen molar-refractivity contribution >= 4 is 23.2 Å². The van der Waals surface area contributed by atoms with E-state index in [1.54, 1.807) is 18.2 Å². The predicted octanol–water partition coefficient (Wildman–Crippen LogP) is 7.72. The zero-order chi connectivity index (χ0) is 29.5. The Bertz CT molecular complexity index is 1340. The van der Waals surface area contributed by atoms with E-state index in [9.17, 15) is 22.8 Å². The lowest BCUT2D eigenvalue weighted by molar-refractivity contribution is -0.138. The SMILES string of the molecule is C=CCC(CC=C)(COc1cc(C)c(-c2ccc(C(F)(F)F)cc2)c(C)c1)c1ccc(C(=O)NCCC(=O)O)s1. The second-order valence-corrected chi connectivity index (χ2v) is 10.7. The maximum absolute atomic E-state index is 13.0. The van der Waals surface area contributed by atoms with E-state index in [2.05, 4.69) is 18.5 Å². The van der Waals surface area contributed by atoms with E-state index >= 15 is 0 Å². The molecule has 0 unspecified atom stereocenters. The van der Waals surface area contributed by atoms with Crippen LogP contribution >= 0.6 is 11.3 Å². The molecule has 1 aromatic heterocycles. The Balaban J connectivity index is 1.84. The third kappa shape index (κ3) is 7.41. The lowest BCUT2D eigenvalue weighted by atomic mass is 9.80. The van der Waals surface area contributed by atoms with Crippen LogP contribution in [0.2, 0.25) is 0 Å². The number of thiophene rings is 1. The van der Waals surface area contributed by atoms with Crippen LogP contribution in [0.25, 0.3) is 11.1 Å². The van der Waals surface area contributed by atoms with Gasteiger partial charge in [-0.3, -0.25) is 9.59 Å². The van der Waals surface area contributed by atoms with Crippen molar-refractivity contribution in [2.75, 3.05) is 13.2 Å². The van der Waals surface area contributed by atoms with E-state index in [4.69, 9.17) is 9.84 Å². The first-order valence-electron chi connectivity index (χ1n) is 12.6. The molecule has 0 saturated heterocycles. The molecule has 2 N–H and O–H groups in total. The predicted molar refractivity (Wildman–Crippen MR) is 152 cm³/mol. The molecule has 212 valence electrons. The molecule has 1 heterocycles. The van der Waals surface area contributed by atoms with Gasteiger partial charge in [0.25, 0.3) is 5.91 Å². The number of carbonyl (C=O) groups excluding carboxylic acids is 1. The van der Waals surface area contributed by atoms with Gasteiger partial charge in [0.1, 0.15) is 5.75 Å². The van der Waals surface area contributed by atoms with Crippen LogP contribution in [-0.4, -0.2) is 30.1 Å². The molecule has 40 heavy (non-hydrogen) atoms. The minimum absolute atomic E-state index is 0.0378. The van der Waals surface area contributed by atoms with Crippen LogP contribution in [0, 0.1) is 13.8 Å². The van der Waals surface area contributed by atoms with Gasteiger partial charge in [-0.15, -0.1) is 24.5 Å².